The second kappa shape index (κ2) is 9.28. The van der Waals surface area contributed by atoms with Crippen molar-refractivity contribution in [2.75, 3.05) is 26.1 Å². The quantitative estimate of drug-likeness (QED) is 0.441. The highest BCUT2D eigenvalue weighted by atomic mass is 19.1. The van der Waals surface area contributed by atoms with E-state index in [9.17, 15) is 9.50 Å². The van der Waals surface area contributed by atoms with Crippen molar-refractivity contribution in [3.8, 4) is 28.5 Å². The van der Waals surface area contributed by atoms with Gasteiger partial charge < -0.3 is 25.1 Å². The maximum atomic E-state index is 13.7. The average molecular weight is 464 g/mol. The van der Waals surface area contributed by atoms with Crippen molar-refractivity contribution in [1.29, 1.82) is 0 Å². The number of nitrogens with zero attached hydrogens (tertiary/aromatic N) is 3. The van der Waals surface area contributed by atoms with Crippen molar-refractivity contribution in [2.45, 2.75) is 24.9 Å². The number of halogens is 1. The number of rotatable bonds is 6. The van der Waals surface area contributed by atoms with Crippen molar-refractivity contribution in [2.24, 2.45) is 0 Å². The van der Waals surface area contributed by atoms with Gasteiger partial charge in [0.1, 0.15) is 34.4 Å². The van der Waals surface area contributed by atoms with Crippen LogP contribution >= 0.6 is 0 Å². The van der Waals surface area contributed by atoms with Crippen LogP contribution in [-0.4, -0.2) is 45.9 Å². The number of fused-ring (bicyclic) bond motifs is 1. The summed E-state index contributed by atoms with van der Waals surface area (Å²) in [5.41, 5.74) is 8.56. The van der Waals surface area contributed by atoms with Crippen molar-refractivity contribution < 1.29 is 23.7 Å². The molecule has 176 valence electrons. The highest BCUT2D eigenvalue weighted by Crippen LogP contribution is 2.35. The monoisotopic (exact) mass is 464 g/mol. The number of benzene rings is 2. The third kappa shape index (κ3) is 4.15. The molecule has 2 unspecified atom stereocenters. The van der Waals surface area contributed by atoms with Crippen LogP contribution in [0.3, 0.4) is 0 Å². The van der Waals surface area contributed by atoms with Gasteiger partial charge in [0.15, 0.2) is 11.6 Å². The van der Waals surface area contributed by atoms with Crippen LogP contribution in [0.2, 0.25) is 0 Å². The van der Waals surface area contributed by atoms with Crippen molar-refractivity contribution in [3.63, 3.8) is 0 Å². The second-order valence-electron chi connectivity index (χ2n) is 8.18. The largest absolute Gasteiger partial charge is 0.494 e. The number of aliphatic hydroxyl groups excluding tert-OH is 1. The highest BCUT2D eigenvalue weighted by molar-refractivity contribution is 5.85. The zero-order valence-electron chi connectivity index (χ0n) is 18.6. The van der Waals surface area contributed by atoms with Gasteiger partial charge in [0.2, 0.25) is 0 Å². The molecule has 0 bridgehead atoms. The number of imidazole rings is 1. The van der Waals surface area contributed by atoms with Crippen molar-refractivity contribution in [1.82, 2.24) is 14.4 Å². The fourth-order valence-corrected chi connectivity index (χ4v) is 4.25. The molecule has 1 fully saturated rings. The summed E-state index contributed by atoms with van der Waals surface area (Å²) in [5.74, 6) is 2.05. The van der Waals surface area contributed by atoms with Gasteiger partial charge >= 0.3 is 0 Å². The number of methoxy groups -OCH3 is 1. The standard InChI is InChI=1S/C25H25FN4O4/c1-32-21-12-18(8-9-20(21)26)34-17-5-2-15(3-6-17)22-23-24(27)28-10-11-30(23)25(29-22)16-4-7-19(13-31)33-14-16/h2-3,5-6,8-12,16,19,31H,4,7,13-14H2,1H3,(H2,27,28). The summed E-state index contributed by atoms with van der Waals surface area (Å²) in [6.07, 6.45) is 5.02. The summed E-state index contributed by atoms with van der Waals surface area (Å²) >= 11 is 0. The van der Waals surface area contributed by atoms with Crippen LogP contribution in [-0.2, 0) is 4.74 Å². The molecule has 2 aromatic heterocycles. The van der Waals surface area contributed by atoms with Gasteiger partial charge in [0.25, 0.3) is 0 Å². The molecule has 34 heavy (non-hydrogen) atoms. The van der Waals surface area contributed by atoms with Gasteiger partial charge in [-0.1, -0.05) is 0 Å². The molecule has 1 aliphatic rings. The lowest BCUT2D eigenvalue weighted by atomic mass is 9.98. The average Bonchev–Trinajstić information content (AvgIpc) is 3.27. The van der Waals surface area contributed by atoms with E-state index < -0.39 is 5.82 Å². The molecule has 0 radical (unpaired) electrons. The van der Waals surface area contributed by atoms with Gasteiger partial charge in [-0.2, -0.15) is 0 Å². The van der Waals surface area contributed by atoms with Crippen molar-refractivity contribution >= 4 is 11.3 Å². The topological polar surface area (TPSA) is 104 Å². The molecule has 3 heterocycles. The van der Waals surface area contributed by atoms with Gasteiger partial charge in [-0.3, -0.25) is 4.40 Å². The Balaban J connectivity index is 1.45. The van der Waals surface area contributed by atoms with Gasteiger partial charge in [0.05, 0.1) is 26.4 Å². The van der Waals surface area contributed by atoms with Crippen LogP contribution in [0.15, 0.2) is 54.9 Å². The normalized spacial score (nSPS) is 18.2. The SMILES string of the molecule is COc1cc(Oc2ccc(-c3nc(C4CCC(CO)OC4)n4ccnc(N)c34)cc2)ccc1F. The minimum absolute atomic E-state index is 0.0241. The first kappa shape index (κ1) is 22.1. The van der Waals surface area contributed by atoms with E-state index in [0.29, 0.717) is 23.9 Å². The molecule has 8 nitrogen and oxygen atoms in total. The van der Waals surface area contributed by atoms with Gasteiger partial charge in [-0.25, -0.2) is 14.4 Å². The molecular formula is C25H25FN4O4. The Morgan fingerprint density at radius 2 is 1.97 bits per heavy atom. The Morgan fingerprint density at radius 3 is 2.68 bits per heavy atom. The molecule has 0 amide bonds. The molecule has 3 N–H and O–H groups in total. The van der Waals surface area contributed by atoms with E-state index in [4.69, 9.17) is 24.9 Å². The summed E-state index contributed by atoms with van der Waals surface area (Å²) in [5, 5.41) is 9.36. The van der Waals surface area contributed by atoms with E-state index >= 15 is 0 Å². The first-order valence-electron chi connectivity index (χ1n) is 11.0. The predicted molar refractivity (Wildman–Crippen MR) is 125 cm³/mol. The van der Waals surface area contributed by atoms with Gasteiger partial charge in [0, 0.05) is 29.9 Å². The van der Waals surface area contributed by atoms with Gasteiger partial charge in [-0.05, 0) is 49.2 Å². The zero-order valence-corrected chi connectivity index (χ0v) is 18.6. The fourth-order valence-electron chi connectivity index (χ4n) is 4.25. The summed E-state index contributed by atoms with van der Waals surface area (Å²) in [4.78, 5) is 9.20. The van der Waals surface area contributed by atoms with Gasteiger partial charge in [-0.15, -0.1) is 0 Å². The lowest BCUT2D eigenvalue weighted by Gasteiger charge is -2.27. The summed E-state index contributed by atoms with van der Waals surface area (Å²) in [6, 6.07) is 11.8. The molecule has 0 aliphatic carbocycles. The van der Waals surface area contributed by atoms with Crippen LogP contribution in [0.5, 0.6) is 17.2 Å². The Morgan fingerprint density at radius 1 is 1.18 bits per heavy atom. The molecule has 0 spiro atoms. The van der Waals surface area contributed by atoms with Crippen LogP contribution < -0.4 is 15.2 Å². The molecule has 2 aromatic carbocycles. The smallest absolute Gasteiger partial charge is 0.165 e. The minimum Gasteiger partial charge on any atom is -0.494 e. The minimum atomic E-state index is -0.450. The number of nitrogen functional groups attached to an aromatic ring is 1. The van der Waals surface area contributed by atoms with Crippen LogP contribution in [0.25, 0.3) is 16.8 Å². The van der Waals surface area contributed by atoms with E-state index in [1.165, 1.54) is 19.2 Å². The summed E-state index contributed by atoms with van der Waals surface area (Å²) < 4.78 is 32.3. The molecule has 1 aliphatic heterocycles. The fraction of sp³-hybridized carbons (Fsp3) is 0.280. The molecule has 9 heteroatoms. The predicted octanol–water partition coefficient (Wildman–Crippen LogP) is 4.17. The van der Waals surface area contributed by atoms with Crippen LogP contribution in [0.4, 0.5) is 10.2 Å². The molecule has 4 aromatic rings. The molecule has 5 rings (SSSR count). The molecule has 0 saturated carbocycles. The third-order valence-electron chi connectivity index (χ3n) is 6.04. The molecule has 1 saturated heterocycles. The number of aromatic nitrogens is 3. The lowest BCUT2D eigenvalue weighted by molar-refractivity contribution is -0.0282. The third-order valence-corrected chi connectivity index (χ3v) is 6.04. The van der Waals surface area contributed by atoms with Crippen molar-refractivity contribution in [3.05, 3.63) is 66.5 Å². The van der Waals surface area contributed by atoms with E-state index in [1.807, 2.05) is 34.9 Å². The number of anilines is 1. The Hall–Kier alpha value is -3.69. The number of aliphatic hydroxyl groups is 1. The highest BCUT2D eigenvalue weighted by Gasteiger charge is 2.27. The zero-order chi connectivity index (χ0) is 23.7. The number of hydrogen-bond acceptors (Lipinski definition) is 7. The Kier molecular flexibility index (Phi) is 6.04. The Labute approximate surface area is 195 Å². The number of hydrogen-bond donors (Lipinski definition) is 2. The van der Waals surface area contributed by atoms with Crippen LogP contribution in [0, 0.1) is 5.82 Å². The maximum absolute atomic E-state index is 13.7. The number of nitrogens with two attached hydrogens (primary N) is 1. The van der Waals surface area contributed by atoms with E-state index in [0.717, 1.165) is 35.4 Å². The first-order valence-corrected chi connectivity index (χ1v) is 11.0. The summed E-state index contributed by atoms with van der Waals surface area (Å²) in [6.45, 7) is 0.510. The van der Waals surface area contributed by atoms with E-state index in [1.54, 1.807) is 12.3 Å². The summed E-state index contributed by atoms with van der Waals surface area (Å²) in [7, 11) is 1.41. The molecule has 2 atom stereocenters. The maximum Gasteiger partial charge on any atom is 0.165 e. The molecular weight excluding hydrogens is 439 g/mol. The van der Waals surface area contributed by atoms with E-state index in [2.05, 4.69) is 4.98 Å². The van der Waals surface area contributed by atoms with Crippen LogP contribution in [0.1, 0.15) is 24.6 Å². The lowest BCUT2D eigenvalue weighted by Crippen LogP contribution is -2.28. The second-order valence-corrected chi connectivity index (χ2v) is 8.18. The first-order chi connectivity index (χ1) is 16.6. The number of ether oxygens (including phenoxy) is 3. The Bertz CT molecular complexity index is 1300. The van der Waals surface area contributed by atoms with E-state index in [-0.39, 0.29) is 24.4 Å².